The standard InChI is InChI=1S/C57H95N13O15S2/c1-13-29(4)39-47(78)58-23-17-16-22-38(73)59-32(7)43(74)63-41(31(6)15-3)49(80)67-52-51(82)61-34(27-71)45(76)68-55(85)62-35(28-72)44(75)60-33(26-56(8,9)10)53(83)70-25-19-21-37(70)54(84)69-24-18-20-36(69)46(77)64-40(30(5)14-2)48(79)66-42(50(81)65-39)57(11,12)87-86-52/h29-37,39-42,52,71-72H,13-28H2,1-12H3,(H,58,78)(H,59,73)(H,60,75)(H,61,82)(H,63,74)(H,64,77)(H,65,81)(H,66,79)(H,67,80)(H2,62,68,76,85)/t29-,30-,31-,32-,33-,34-,35-,36-,37-,39-,40-,41-,42+,52-/m0/s1. The van der Waals surface area contributed by atoms with Crippen molar-refractivity contribution < 1.29 is 72.5 Å². The first-order valence-corrected chi connectivity index (χ1v) is 32.5. The fraction of sp³-hybridized carbons (Fsp3) is 0.772. The summed E-state index contributed by atoms with van der Waals surface area (Å²) in [6.45, 7) is 18.5. The van der Waals surface area contributed by atoms with Gasteiger partial charge in [0, 0.05) is 26.1 Å². The van der Waals surface area contributed by atoms with E-state index in [1.165, 1.54) is 30.6 Å². The van der Waals surface area contributed by atoms with E-state index >= 15 is 9.59 Å². The number of fused-ring (bicyclic) bond motifs is 6. The van der Waals surface area contributed by atoms with Gasteiger partial charge in [-0.15, -0.1) is 0 Å². The summed E-state index contributed by atoms with van der Waals surface area (Å²) in [5.74, 6) is -11.6. The van der Waals surface area contributed by atoms with Gasteiger partial charge in [-0.05, 0) is 88.9 Å². The molecule has 0 unspecified atom stereocenters. The molecule has 0 saturated carbocycles. The number of hydrogen-bond acceptors (Lipinski definition) is 17. The van der Waals surface area contributed by atoms with Gasteiger partial charge in [0.25, 0.3) is 11.8 Å². The number of rotatable bonds is 9. The van der Waals surface area contributed by atoms with Gasteiger partial charge in [0.15, 0.2) is 5.37 Å². The Morgan fingerprint density at radius 2 is 1.05 bits per heavy atom. The number of imide groups is 1. The first-order valence-electron chi connectivity index (χ1n) is 30.3. The molecule has 4 saturated heterocycles. The van der Waals surface area contributed by atoms with Gasteiger partial charge < -0.3 is 73.2 Å². The number of carbonyl (C=O) groups excluding carboxylic acids is 13. The molecule has 0 aromatic heterocycles. The van der Waals surface area contributed by atoms with E-state index in [1.807, 2.05) is 12.2 Å². The molecule has 4 aliphatic rings. The van der Waals surface area contributed by atoms with Crippen molar-refractivity contribution in [2.75, 3.05) is 32.8 Å². The molecule has 14 atom stereocenters. The number of aliphatic hydroxyl groups excluding tert-OH is 2. The number of nitrogens with one attached hydrogen (secondary N) is 11. The van der Waals surface area contributed by atoms with E-state index in [2.05, 4.69) is 53.2 Å². The lowest BCUT2D eigenvalue weighted by Crippen LogP contribution is -2.64. The van der Waals surface area contributed by atoms with E-state index in [0.29, 0.717) is 49.3 Å². The highest BCUT2D eigenvalue weighted by atomic mass is 33.1. The van der Waals surface area contributed by atoms with E-state index in [0.717, 1.165) is 10.8 Å². The van der Waals surface area contributed by atoms with Crippen LogP contribution in [-0.2, 0) is 57.5 Å². The van der Waals surface area contributed by atoms with Crippen LogP contribution in [-0.4, -0.2) is 200 Å². The summed E-state index contributed by atoms with van der Waals surface area (Å²) >= 11 is 0. The molecular formula is C57H95N13O15S2. The average molecular weight is 1270 g/mol. The molecule has 87 heavy (non-hydrogen) atoms. The number of urea groups is 1. The monoisotopic (exact) mass is 1270 g/mol. The zero-order valence-electron chi connectivity index (χ0n) is 52.3. The molecule has 4 fully saturated rings. The van der Waals surface area contributed by atoms with Crippen molar-refractivity contribution in [2.45, 2.75) is 224 Å². The second kappa shape index (κ2) is 33.4. The summed E-state index contributed by atoms with van der Waals surface area (Å²) in [5.41, 5.74) is -0.626. The van der Waals surface area contributed by atoms with Crippen molar-refractivity contribution in [1.29, 1.82) is 0 Å². The number of nitrogens with zero attached hydrogens (tertiary/aromatic N) is 2. The molecular weight excluding hydrogens is 1170 g/mol. The molecule has 0 aliphatic carbocycles. The number of aliphatic hydroxyl groups is 2. The van der Waals surface area contributed by atoms with Gasteiger partial charge in [0.1, 0.15) is 60.4 Å². The molecule has 0 aromatic rings. The van der Waals surface area contributed by atoms with Gasteiger partial charge in [-0.25, -0.2) is 4.79 Å². The van der Waals surface area contributed by atoms with E-state index < -0.39 is 184 Å². The van der Waals surface area contributed by atoms with Crippen LogP contribution < -0.4 is 58.5 Å². The lowest BCUT2D eigenvalue weighted by Gasteiger charge is -2.37. The van der Waals surface area contributed by atoms with E-state index in [9.17, 15) is 63.0 Å². The topological polar surface area (TPSA) is 401 Å². The Bertz CT molecular complexity index is 2520. The zero-order chi connectivity index (χ0) is 65.2. The van der Waals surface area contributed by atoms with E-state index in [4.69, 9.17) is 0 Å². The molecule has 4 heterocycles. The highest BCUT2D eigenvalue weighted by Crippen LogP contribution is 2.41. The highest BCUT2D eigenvalue weighted by molar-refractivity contribution is 8.77. The molecule has 30 heteroatoms. The Morgan fingerprint density at radius 1 is 0.540 bits per heavy atom. The van der Waals surface area contributed by atoms with Crippen LogP contribution in [0.2, 0.25) is 0 Å². The van der Waals surface area contributed by atoms with Gasteiger partial charge in [-0.2, -0.15) is 0 Å². The van der Waals surface area contributed by atoms with Gasteiger partial charge in [0.05, 0.1) is 18.0 Å². The molecule has 28 nitrogen and oxygen atoms in total. The smallest absolute Gasteiger partial charge is 0.322 e. The highest BCUT2D eigenvalue weighted by Gasteiger charge is 2.47. The Hall–Kier alpha value is -6.27. The number of hydrogen-bond donors (Lipinski definition) is 13. The molecule has 2 bridgehead atoms. The van der Waals surface area contributed by atoms with Gasteiger partial charge in [0.2, 0.25) is 59.1 Å². The first kappa shape index (κ1) is 73.2. The maximum atomic E-state index is 15.1. The maximum absolute atomic E-state index is 15.1. The Kier molecular flexibility index (Phi) is 28.1. The molecule has 0 aromatic carbocycles. The molecule has 13 N–H and O–H groups in total. The largest absolute Gasteiger partial charge is 0.394 e. The van der Waals surface area contributed by atoms with Crippen molar-refractivity contribution in [3.63, 3.8) is 0 Å². The lowest BCUT2D eigenvalue weighted by atomic mass is 9.87. The van der Waals surface area contributed by atoms with Crippen molar-refractivity contribution >= 4 is 98.5 Å². The van der Waals surface area contributed by atoms with Gasteiger partial charge >= 0.3 is 6.03 Å². The van der Waals surface area contributed by atoms with Crippen LogP contribution in [0.1, 0.15) is 154 Å². The second-order valence-electron chi connectivity index (χ2n) is 24.9. The van der Waals surface area contributed by atoms with Crippen LogP contribution in [0.3, 0.4) is 0 Å². The number of amides is 14. The fourth-order valence-electron chi connectivity index (χ4n) is 10.4. The Labute approximate surface area is 517 Å². The maximum Gasteiger partial charge on any atom is 0.322 e. The van der Waals surface area contributed by atoms with E-state index in [1.54, 1.807) is 55.4 Å². The van der Waals surface area contributed by atoms with Crippen LogP contribution in [0.5, 0.6) is 0 Å². The van der Waals surface area contributed by atoms with Crippen molar-refractivity contribution in [3.05, 3.63) is 0 Å². The van der Waals surface area contributed by atoms with Gasteiger partial charge in [-0.1, -0.05) is 103 Å². The minimum absolute atomic E-state index is 0.0149. The zero-order valence-corrected chi connectivity index (χ0v) is 53.9. The summed E-state index contributed by atoms with van der Waals surface area (Å²) in [5, 5.41) is 47.4. The SMILES string of the molecule is CC[C@H](C)[C@@H]1NC(=O)[C@H](C)NC(=O)CCCCNC(=O)[C@H]([C@@H](C)CC)NC(=O)[C@H]2NC(=O)[C@H]([C@@H](C)CC)NC(=O)[C@@H]3CCCN3C(=O)[C@@H]3CCCN3C(=O)[C@H](CC(C)(C)C)NC(=O)[C@H](CO)NC(=O)NC(=O)[C@H](CO)NC(=O)[C@@H](NC1=O)SSC2(C)C. The third kappa shape index (κ3) is 20.7. The summed E-state index contributed by atoms with van der Waals surface area (Å²) in [6, 6.07) is -15.3. The second-order valence-corrected chi connectivity index (χ2v) is 27.9. The normalized spacial score (nSPS) is 30.3. The van der Waals surface area contributed by atoms with Gasteiger partial charge in [-0.3, -0.25) is 62.9 Å². The molecule has 4 aliphatic heterocycles. The summed E-state index contributed by atoms with van der Waals surface area (Å²) < 4.78 is -1.57. The summed E-state index contributed by atoms with van der Waals surface area (Å²) in [7, 11) is 1.41. The summed E-state index contributed by atoms with van der Waals surface area (Å²) in [4.78, 5) is 188. The lowest BCUT2D eigenvalue weighted by molar-refractivity contribution is -0.148. The minimum Gasteiger partial charge on any atom is -0.394 e. The Balaban J connectivity index is 1.94. The first-order chi connectivity index (χ1) is 40.8. The summed E-state index contributed by atoms with van der Waals surface area (Å²) in [6.07, 6.45) is 2.83. The minimum atomic E-state index is -1.96. The third-order valence-corrected chi connectivity index (χ3v) is 19.8. The molecule has 0 spiro atoms. The predicted molar refractivity (Wildman–Crippen MR) is 324 cm³/mol. The Morgan fingerprint density at radius 3 is 1.61 bits per heavy atom. The number of carbonyl (C=O) groups is 13. The molecule has 0 radical (unpaired) electrons. The predicted octanol–water partition coefficient (Wildman–Crippen LogP) is -0.949. The molecule has 4 rings (SSSR count). The van der Waals surface area contributed by atoms with Crippen LogP contribution in [0.4, 0.5) is 4.79 Å². The van der Waals surface area contributed by atoms with Crippen LogP contribution in [0.15, 0.2) is 0 Å². The fourth-order valence-corrected chi connectivity index (χ4v) is 13.1. The average Bonchev–Trinajstić information content (AvgIpc) is 2.79. The molecule has 14 amide bonds. The molecule has 490 valence electrons. The van der Waals surface area contributed by atoms with Crippen molar-refractivity contribution in [3.8, 4) is 0 Å². The van der Waals surface area contributed by atoms with E-state index in [-0.39, 0.29) is 51.7 Å². The van der Waals surface area contributed by atoms with Crippen LogP contribution in [0, 0.1) is 23.2 Å². The third-order valence-electron chi connectivity index (χ3n) is 16.3. The van der Waals surface area contributed by atoms with Crippen molar-refractivity contribution in [2.24, 2.45) is 23.2 Å². The van der Waals surface area contributed by atoms with Crippen LogP contribution >= 0.6 is 21.6 Å². The quantitative estimate of drug-likeness (QED) is 0.124. The van der Waals surface area contributed by atoms with Crippen LogP contribution in [0.25, 0.3) is 0 Å². The van der Waals surface area contributed by atoms with Crippen molar-refractivity contribution in [1.82, 2.24) is 68.3 Å².